The Morgan fingerprint density at radius 2 is 2.27 bits per heavy atom. The topological polar surface area (TPSA) is 105 Å². The summed E-state index contributed by atoms with van der Waals surface area (Å²) in [6, 6.07) is 4.40. The van der Waals surface area contributed by atoms with Gasteiger partial charge in [0.15, 0.2) is 6.10 Å². The molecule has 0 aromatic heterocycles. The van der Waals surface area contributed by atoms with E-state index in [-0.39, 0.29) is 5.56 Å². The Morgan fingerprint density at radius 1 is 1.60 bits per heavy atom. The van der Waals surface area contributed by atoms with E-state index in [2.05, 4.69) is 5.43 Å². The lowest BCUT2D eigenvalue weighted by Crippen LogP contribution is -2.13. The fraction of sp³-hybridized carbons (Fsp3) is 0.222. The highest BCUT2D eigenvalue weighted by Crippen LogP contribution is 2.27. The maximum Gasteiger partial charge on any atom is 0.337 e. The molecule has 0 bridgehead atoms. The van der Waals surface area contributed by atoms with Crippen LogP contribution in [0, 0.1) is 0 Å². The van der Waals surface area contributed by atoms with E-state index < -0.39 is 12.1 Å². The molecule has 0 amide bonds. The summed E-state index contributed by atoms with van der Waals surface area (Å²) >= 11 is 0. The monoisotopic (exact) mass is 212 g/mol. The first-order valence-corrected chi connectivity index (χ1v) is 4.15. The van der Waals surface area contributed by atoms with Crippen molar-refractivity contribution in [2.45, 2.75) is 6.10 Å². The third-order valence-corrected chi connectivity index (χ3v) is 1.93. The van der Waals surface area contributed by atoms with Crippen LogP contribution in [-0.2, 0) is 4.79 Å². The van der Waals surface area contributed by atoms with E-state index in [1.165, 1.54) is 25.3 Å². The second-order valence-electron chi connectivity index (χ2n) is 2.84. The Morgan fingerprint density at radius 3 is 2.73 bits per heavy atom. The van der Waals surface area contributed by atoms with Crippen molar-refractivity contribution in [2.24, 2.45) is 5.84 Å². The zero-order valence-electron chi connectivity index (χ0n) is 8.10. The Labute approximate surface area is 86.2 Å². The number of carboxylic acid groups (broad SMARTS) is 1. The average molecular weight is 212 g/mol. The maximum atomic E-state index is 10.5. The zero-order valence-corrected chi connectivity index (χ0v) is 8.10. The highest BCUT2D eigenvalue weighted by Gasteiger charge is 2.17. The smallest absolute Gasteiger partial charge is 0.337 e. The fourth-order valence-corrected chi connectivity index (χ4v) is 1.15. The van der Waals surface area contributed by atoms with Crippen LogP contribution in [0.4, 0.5) is 5.69 Å². The van der Waals surface area contributed by atoms with Gasteiger partial charge in [0.2, 0.25) is 0 Å². The minimum atomic E-state index is -1.57. The van der Waals surface area contributed by atoms with Crippen LogP contribution in [-0.4, -0.2) is 23.3 Å². The second kappa shape index (κ2) is 4.63. The Balaban J connectivity index is 3.07. The summed E-state index contributed by atoms with van der Waals surface area (Å²) in [4.78, 5) is 10.5. The van der Waals surface area contributed by atoms with Crippen LogP contribution in [0.2, 0.25) is 0 Å². The lowest BCUT2D eigenvalue weighted by atomic mass is 10.1. The SMILES string of the molecule is COc1ccc(C(O)C(=O)O)cc1NN. The van der Waals surface area contributed by atoms with Crippen LogP contribution < -0.4 is 16.0 Å². The number of benzene rings is 1. The van der Waals surface area contributed by atoms with E-state index in [0.717, 1.165) is 0 Å². The first-order chi connectivity index (χ1) is 7.10. The molecule has 0 aliphatic heterocycles. The third-order valence-electron chi connectivity index (χ3n) is 1.93. The molecule has 0 radical (unpaired) electrons. The van der Waals surface area contributed by atoms with Crippen molar-refractivity contribution in [3.63, 3.8) is 0 Å². The molecule has 0 spiro atoms. The van der Waals surface area contributed by atoms with Gasteiger partial charge in [0, 0.05) is 0 Å². The van der Waals surface area contributed by atoms with Gasteiger partial charge in [-0.25, -0.2) is 4.79 Å². The Kier molecular flexibility index (Phi) is 3.48. The molecule has 0 saturated carbocycles. The summed E-state index contributed by atoms with van der Waals surface area (Å²) in [5, 5.41) is 17.9. The van der Waals surface area contributed by atoms with Crippen LogP contribution in [0.5, 0.6) is 5.75 Å². The highest BCUT2D eigenvalue weighted by atomic mass is 16.5. The number of nitrogens with one attached hydrogen (secondary N) is 1. The lowest BCUT2D eigenvalue weighted by Gasteiger charge is -2.11. The molecule has 1 unspecified atom stereocenters. The van der Waals surface area contributed by atoms with Gasteiger partial charge >= 0.3 is 5.97 Å². The number of carboxylic acids is 1. The van der Waals surface area contributed by atoms with Crippen LogP contribution in [0.3, 0.4) is 0 Å². The van der Waals surface area contributed by atoms with E-state index in [9.17, 15) is 9.90 Å². The number of carbonyl (C=O) groups is 1. The van der Waals surface area contributed by atoms with E-state index in [1.54, 1.807) is 0 Å². The first kappa shape index (κ1) is 11.3. The van der Waals surface area contributed by atoms with Gasteiger partial charge in [-0.1, -0.05) is 6.07 Å². The molecule has 15 heavy (non-hydrogen) atoms. The molecule has 0 aliphatic carbocycles. The fourth-order valence-electron chi connectivity index (χ4n) is 1.15. The predicted molar refractivity (Wildman–Crippen MR) is 53.4 cm³/mol. The van der Waals surface area contributed by atoms with Gasteiger partial charge in [-0.2, -0.15) is 0 Å². The van der Waals surface area contributed by atoms with Gasteiger partial charge in [0.25, 0.3) is 0 Å². The average Bonchev–Trinajstić information content (AvgIpc) is 2.26. The Bertz CT molecular complexity index is 367. The van der Waals surface area contributed by atoms with Crippen LogP contribution in [0.15, 0.2) is 18.2 Å². The van der Waals surface area contributed by atoms with Crippen molar-refractivity contribution < 1.29 is 19.7 Å². The maximum absolute atomic E-state index is 10.5. The molecule has 5 N–H and O–H groups in total. The minimum absolute atomic E-state index is 0.233. The molecule has 1 atom stereocenters. The van der Waals surface area contributed by atoms with Gasteiger partial charge in [-0.3, -0.25) is 5.84 Å². The molecule has 0 fully saturated rings. The largest absolute Gasteiger partial charge is 0.495 e. The van der Waals surface area contributed by atoms with Crippen LogP contribution in [0.25, 0.3) is 0 Å². The number of aliphatic carboxylic acids is 1. The zero-order chi connectivity index (χ0) is 11.4. The first-order valence-electron chi connectivity index (χ1n) is 4.15. The van der Waals surface area contributed by atoms with E-state index >= 15 is 0 Å². The molecule has 6 nitrogen and oxygen atoms in total. The van der Waals surface area contributed by atoms with Crippen molar-refractivity contribution >= 4 is 11.7 Å². The molecule has 1 rings (SSSR count). The Hall–Kier alpha value is -1.79. The van der Waals surface area contributed by atoms with Crippen molar-refractivity contribution in [3.05, 3.63) is 23.8 Å². The van der Waals surface area contributed by atoms with Crippen molar-refractivity contribution in [1.82, 2.24) is 0 Å². The summed E-state index contributed by atoms with van der Waals surface area (Å²) in [6.45, 7) is 0. The van der Waals surface area contributed by atoms with Gasteiger partial charge in [0.1, 0.15) is 5.75 Å². The molecular weight excluding hydrogens is 200 g/mol. The number of methoxy groups -OCH3 is 1. The molecule has 0 heterocycles. The third kappa shape index (κ3) is 2.36. The summed E-state index contributed by atoms with van der Waals surface area (Å²) in [6.07, 6.45) is -1.57. The number of rotatable bonds is 4. The van der Waals surface area contributed by atoms with Gasteiger partial charge in [0.05, 0.1) is 12.8 Å². The summed E-state index contributed by atoms with van der Waals surface area (Å²) in [5.74, 6) is 4.37. The predicted octanol–water partition coefficient (Wildman–Crippen LogP) is 0.0988. The number of nitrogen functional groups attached to an aromatic ring is 1. The summed E-state index contributed by atoms with van der Waals surface area (Å²) in [5.41, 5.74) is 3.00. The lowest BCUT2D eigenvalue weighted by molar-refractivity contribution is -0.146. The van der Waals surface area contributed by atoms with E-state index in [4.69, 9.17) is 15.7 Å². The highest BCUT2D eigenvalue weighted by molar-refractivity contribution is 5.75. The quantitative estimate of drug-likeness (QED) is 0.416. The number of hydrazine groups is 1. The number of aliphatic hydroxyl groups excluding tert-OH is 1. The van der Waals surface area contributed by atoms with Gasteiger partial charge in [-0.05, 0) is 17.7 Å². The summed E-state index contributed by atoms with van der Waals surface area (Å²) < 4.78 is 4.96. The van der Waals surface area contributed by atoms with Crippen LogP contribution >= 0.6 is 0 Å². The molecule has 82 valence electrons. The van der Waals surface area contributed by atoms with Crippen LogP contribution in [0.1, 0.15) is 11.7 Å². The van der Waals surface area contributed by atoms with Gasteiger partial charge < -0.3 is 20.4 Å². The van der Waals surface area contributed by atoms with Crippen molar-refractivity contribution in [1.29, 1.82) is 0 Å². The normalized spacial score (nSPS) is 11.9. The number of hydrogen-bond acceptors (Lipinski definition) is 5. The van der Waals surface area contributed by atoms with Crippen molar-refractivity contribution in [2.75, 3.05) is 12.5 Å². The van der Waals surface area contributed by atoms with E-state index in [1.807, 2.05) is 0 Å². The number of aliphatic hydroxyl groups is 1. The molecule has 6 heteroatoms. The molecule has 0 aliphatic rings. The minimum Gasteiger partial charge on any atom is -0.495 e. The number of anilines is 1. The molecular formula is C9H12N2O4. The molecule has 1 aromatic rings. The van der Waals surface area contributed by atoms with E-state index in [0.29, 0.717) is 11.4 Å². The number of ether oxygens (including phenoxy) is 1. The number of hydrogen-bond donors (Lipinski definition) is 4. The molecule has 0 saturated heterocycles. The van der Waals surface area contributed by atoms with Crippen molar-refractivity contribution in [3.8, 4) is 5.75 Å². The molecule has 1 aromatic carbocycles. The standard InChI is InChI=1S/C9H12N2O4/c1-15-7-3-2-5(4-6(7)11-10)8(12)9(13)14/h2-4,8,11-12H,10H2,1H3,(H,13,14). The summed E-state index contributed by atoms with van der Waals surface area (Å²) in [7, 11) is 1.46. The number of nitrogens with two attached hydrogens (primary N) is 1. The second-order valence-corrected chi connectivity index (χ2v) is 2.84. The van der Waals surface area contributed by atoms with Gasteiger partial charge in [-0.15, -0.1) is 0 Å².